The molecule has 5 rings (SSSR count). The van der Waals surface area contributed by atoms with Crippen molar-refractivity contribution in [2.24, 2.45) is 0 Å². The van der Waals surface area contributed by atoms with E-state index in [0.29, 0.717) is 25.2 Å². The molecular weight excluding hydrogens is 446 g/mol. The smallest absolute Gasteiger partial charge is 0.288 e. The van der Waals surface area contributed by atoms with Gasteiger partial charge in [-0.25, -0.2) is 23.7 Å². The van der Waals surface area contributed by atoms with Gasteiger partial charge in [-0.3, -0.25) is 24.8 Å². The van der Waals surface area contributed by atoms with E-state index in [9.17, 15) is 18.4 Å². The number of rotatable bonds is 4. The highest BCUT2D eigenvalue weighted by Crippen LogP contribution is 2.27. The maximum Gasteiger partial charge on any atom is 0.288 e. The fourth-order valence-corrected chi connectivity index (χ4v) is 4.00. The van der Waals surface area contributed by atoms with Crippen LogP contribution in [0.4, 0.5) is 14.6 Å². The Bertz CT molecular complexity index is 1410. The molecule has 1 aliphatic rings. The number of halogens is 2. The molecule has 3 aromatic heterocycles. The second-order valence-electron chi connectivity index (χ2n) is 7.93. The molecule has 10 nitrogen and oxygen atoms in total. The third kappa shape index (κ3) is 3.88. The van der Waals surface area contributed by atoms with E-state index < -0.39 is 17.5 Å². The standard InChI is InChI=1S/C22H20F2N8O2/c1-12-10-31(7-6-26-12)22(34)18-3-2-17-20(29-30-21(33)15-4-5-25-11-27-15)28-16-8-13(23)14(24)9-19(16)32(17)18/h2-5,8-9,11-12,26H,6-7,10H2,1H3,(H,28,29)(H,30,33)/t12-/m0/s1. The first-order valence-corrected chi connectivity index (χ1v) is 10.6. The maximum atomic E-state index is 14.2. The van der Waals surface area contributed by atoms with E-state index in [0.717, 1.165) is 12.1 Å². The number of nitrogens with one attached hydrogen (secondary N) is 3. The topological polar surface area (TPSA) is 117 Å². The predicted octanol–water partition coefficient (Wildman–Crippen LogP) is 1.75. The molecule has 0 bridgehead atoms. The molecule has 1 saturated heterocycles. The molecule has 1 aliphatic heterocycles. The van der Waals surface area contributed by atoms with Gasteiger partial charge >= 0.3 is 0 Å². The van der Waals surface area contributed by atoms with Gasteiger partial charge < -0.3 is 10.2 Å². The monoisotopic (exact) mass is 466 g/mol. The number of carbonyl (C=O) groups excluding carboxylic acids is 2. The maximum absolute atomic E-state index is 14.2. The minimum Gasteiger partial charge on any atom is -0.335 e. The van der Waals surface area contributed by atoms with Crippen LogP contribution in [0.1, 0.15) is 27.9 Å². The van der Waals surface area contributed by atoms with Crippen molar-refractivity contribution < 1.29 is 18.4 Å². The van der Waals surface area contributed by atoms with Crippen LogP contribution < -0.4 is 16.2 Å². The van der Waals surface area contributed by atoms with E-state index in [4.69, 9.17) is 0 Å². The van der Waals surface area contributed by atoms with Crippen molar-refractivity contribution in [1.29, 1.82) is 0 Å². The van der Waals surface area contributed by atoms with Crippen LogP contribution in [0.2, 0.25) is 0 Å². The summed E-state index contributed by atoms with van der Waals surface area (Å²) in [6.45, 7) is 3.66. The first-order valence-electron chi connectivity index (χ1n) is 10.6. The highest BCUT2D eigenvalue weighted by Gasteiger charge is 2.25. The average molecular weight is 466 g/mol. The van der Waals surface area contributed by atoms with Crippen LogP contribution in [-0.2, 0) is 0 Å². The summed E-state index contributed by atoms with van der Waals surface area (Å²) in [5.41, 5.74) is 6.29. The number of nitrogens with zero attached hydrogens (tertiary/aromatic N) is 5. The van der Waals surface area contributed by atoms with Crippen LogP contribution in [0.15, 0.2) is 42.9 Å². The third-order valence-corrected chi connectivity index (χ3v) is 5.60. The average Bonchev–Trinajstić information content (AvgIpc) is 3.29. The summed E-state index contributed by atoms with van der Waals surface area (Å²) in [6, 6.07) is 6.74. The molecule has 1 aromatic carbocycles. The van der Waals surface area contributed by atoms with Crippen LogP contribution in [0.5, 0.6) is 0 Å². The molecule has 3 N–H and O–H groups in total. The van der Waals surface area contributed by atoms with Crippen molar-refractivity contribution in [1.82, 2.24) is 35.0 Å². The van der Waals surface area contributed by atoms with Crippen LogP contribution in [0, 0.1) is 11.6 Å². The lowest BCUT2D eigenvalue weighted by atomic mass is 10.2. The van der Waals surface area contributed by atoms with Crippen LogP contribution in [-0.4, -0.2) is 61.7 Å². The summed E-state index contributed by atoms with van der Waals surface area (Å²) < 4.78 is 29.7. The van der Waals surface area contributed by atoms with E-state index in [1.165, 1.54) is 23.0 Å². The van der Waals surface area contributed by atoms with Gasteiger partial charge in [0.2, 0.25) is 0 Å². The van der Waals surface area contributed by atoms with Gasteiger partial charge in [0, 0.05) is 44.0 Å². The number of hydrogen-bond donors (Lipinski definition) is 3. The van der Waals surface area contributed by atoms with Gasteiger partial charge in [-0.15, -0.1) is 0 Å². The number of fused-ring (bicyclic) bond motifs is 3. The molecule has 4 heterocycles. The van der Waals surface area contributed by atoms with E-state index in [2.05, 4.69) is 31.1 Å². The summed E-state index contributed by atoms with van der Waals surface area (Å²) in [5, 5.41) is 3.28. The highest BCUT2D eigenvalue weighted by molar-refractivity contribution is 5.98. The second-order valence-corrected chi connectivity index (χ2v) is 7.93. The summed E-state index contributed by atoms with van der Waals surface area (Å²) >= 11 is 0. The molecule has 2 amide bonds. The molecular formula is C22H20F2N8O2. The van der Waals surface area contributed by atoms with Crippen molar-refractivity contribution in [2.75, 3.05) is 25.1 Å². The number of aromatic nitrogens is 4. The Morgan fingerprint density at radius 3 is 2.74 bits per heavy atom. The molecule has 0 radical (unpaired) electrons. The lowest BCUT2D eigenvalue weighted by Gasteiger charge is -2.31. The highest BCUT2D eigenvalue weighted by atomic mass is 19.2. The summed E-state index contributed by atoms with van der Waals surface area (Å²) in [5.74, 6) is -2.79. The fourth-order valence-electron chi connectivity index (χ4n) is 4.00. The zero-order valence-corrected chi connectivity index (χ0v) is 18.0. The Morgan fingerprint density at radius 2 is 1.97 bits per heavy atom. The number of hydrogen-bond acceptors (Lipinski definition) is 7. The van der Waals surface area contributed by atoms with E-state index in [-0.39, 0.29) is 40.2 Å². The van der Waals surface area contributed by atoms with Crippen molar-refractivity contribution in [3.8, 4) is 0 Å². The van der Waals surface area contributed by atoms with Gasteiger partial charge in [0.15, 0.2) is 17.5 Å². The number of anilines is 1. The van der Waals surface area contributed by atoms with Crippen molar-refractivity contribution in [3.63, 3.8) is 0 Å². The summed E-state index contributed by atoms with van der Waals surface area (Å²) in [4.78, 5) is 39.5. The molecule has 0 unspecified atom stereocenters. The zero-order valence-electron chi connectivity index (χ0n) is 18.0. The Hall–Kier alpha value is -4.19. The number of piperazine rings is 1. The molecule has 12 heteroatoms. The van der Waals surface area contributed by atoms with E-state index in [1.807, 2.05) is 6.92 Å². The molecule has 174 valence electrons. The Morgan fingerprint density at radius 1 is 1.15 bits per heavy atom. The summed E-state index contributed by atoms with van der Waals surface area (Å²) in [6.07, 6.45) is 2.66. The Labute approximate surface area is 192 Å². The van der Waals surface area contributed by atoms with Crippen LogP contribution in [0.25, 0.3) is 16.6 Å². The van der Waals surface area contributed by atoms with Gasteiger partial charge in [-0.05, 0) is 25.1 Å². The SMILES string of the molecule is C[C@H]1CN(C(=O)c2ccc3c(NNC(=O)c4ccncn4)nc4cc(F)c(F)cc4n23)CCN1. The number of benzene rings is 1. The number of amides is 2. The van der Waals surface area contributed by atoms with Crippen molar-refractivity contribution >= 4 is 34.2 Å². The lowest BCUT2D eigenvalue weighted by molar-refractivity contribution is 0.0702. The first-order chi connectivity index (χ1) is 16.4. The molecule has 4 aromatic rings. The van der Waals surface area contributed by atoms with Gasteiger partial charge in [0.25, 0.3) is 11.8 Å². The largest absolute Gasteiger partial charge is 0.335 e. The van der Waals surface area contributed by atoms with Crippen molar-refractivity contribution in [3.05, 3.63) is 65.9 Å². The van der Waals surface area contributed by atoms with Gasteiger partial charge in [0.1, 0.15) is 17.7 Å². The minimum atomic E-state index is -1.08. The third-order valence-electron chi connectivity index (χ3n) is 5.60. The normalized spacial score (nSPS) is 16.1. The Kier molecular flexibility index (Phi) is 5.49. The van der Waals surface area contributed by atoms with Gasteiger partial charge in [-0.2, -0.15) is 0 Å². The molecule has 0 aliphatic carbocycles. The van der Waals surface area contributed by atoms with Crippen LogP contribution in [0.3, 0.4) is 0 Å². The van der Waals surface area contributed by atoms with E-state index in [1.54, 1.807) is 17.0 Å². The minimum absolute atomic E-state index is 0.101. The molecule has 1 fully saturated rings. The molecule has 0 saturated carbocycles. The number of carbonyl (C=O) groups is 2. The predicted molar refractivity (Wildman–Crippen MR) is 119 cm³/mol. The quantitative estimate of drug-likeness (QED) is 0.393. The lowest BCUT2D eigenvalue weighted by Crippen LogP contribution is -2.51. The molecule has 0 spiro atoms. The fraction of sp³-hybridized carbons (Fsp3) is 0.227. The second kappa shape index (κ2) is 8.63. The Balaban J connectivity index is 1.58. The number of hydrazine groups is 1. The van der Waals surface area contributed by atoms with Gasteiger partial charge in [0.05, 0.1) is 16.6 Å². The van der Waals surface area contributed by atoms with Gasteiger partial charge in [-0.1, -0.05) is 0 Å². The zero-order chi connectivity index (χ0) is 23.8. The molecule has 1 atom stereocenters. The molecule has 34 heavy (non-hydrogen) atoms. The first kappa shape index (κ1) is 21.6. The van der Waals surface area contributed by atoms with Crippen LogP contribution >= 0.6 is 0 Å². The summed E-state index contributed by atoms with van der Waals surface area (Å²) in [7, 11) is 0. The van der Waals surface area contributed by atoms with Crippen molar-refractivity contribution in [2.45, 2.75) is 13.0 Å². The van der Waals surface area contributed by atoms with E-state index >= 15 is 0 Å².